The number of rotatable bonds is 8. The Bertz CT molecular complexity index is 654. The van der Waals surface area contributed by atoms with Crippen LogP contribution in [-0.2, 0) is 16.1 Å². The Labute approximate surface area is 134 Å². The highest BCUT2D eigenvalue weighted by molar-refractivity contribution is 5.83. The van der Waals surface area contributed by atoms with E-state index in [0.29, 0.717) is 12.2 Å². The summed E-state index contributed by atoms with van der Waals surface area (Å²) in [6.07, 6.45) is 3.51. The molecule has 0 spiro atoms. The second-order valence-electron chi connectivity index (χ2n) is 5.23. The molecule has 2 N–H and O–H groups in total. The van der Waals surface area contributed by atoms with Crippen molar-refractivity contribution in [1.82, 2.24) is 20.1 Å². The third-order valence-electron chi connectivity index (χ3n) is 3.35. The number of nitrogens with zero attached hydrogens (tertiary/aromatic N) is 3. The third kappa shape index (κ3) is 4.91. The number of carboxylic acids is 1. The van der Waals surface area contributed by atoms with E-state index in [9.17, 15) is 9.59 Å². The number of benzene rings is 1. The van der Waals surface area contributed by atoms with E-state index in [4.69, 9.17) is 5.11 Å². The van der Waals surface area contributed by atoms with Gasteiger partial charge < -0.3 is 10.4 Å². The molecule has 0 radical (unpaired) electrons. The molecule has 0 aliphatic rings. The zero-order valence-electron chi connectivity index (χ0n) is 13.0. The number of nitrogens with one attached hydrogen (secondary N) is 1. The topological polar surface area (TPSA) is 97.1 Å². The number of carboxylic acid groups (broad SMARTS) is 1. The minimum absolute atomic E-state index is 0.0598. The zero-order valence-corrected chi connectivity index (χ0v) is 13.0. The monoisotopic (exact) mass is 316 g/mol. The molecule has 1 aromatic carbocycles. The fourth-order valence-electron chi connectivity index (χ4n) is 2.14. The van der Waals surface area contributed by atoms with E-state index in [1.807, 2.05) is 37.3 Å². The summed E-state index contributed by atoms with van der Waals surface area (Å²) in [6.45, 7) is 1.91. The molecule has 7 nitrogen and oxygen atoms in total. The van der Waals surface area contributed by atoms with Gasteiger partial charge in [-0.1, -0.05) is 50.1 Å². The number of carbonyl (C=O) groups is 2. The van der Waals surface area contributed by atoms with E-state index in [2.05, 4.69) is 15.4 Å². The first kappa shape index (κ1) is 16.7. The lowest BCUT2D eigenvalue weighted by Crippen LogP contribution is -2.42. The Morgan fingerprint density at radius 3 is 2.70 bits per heavy atom. The molecule has 0 fully saturated rings. The van der Waals surface area contributed by atoms with E-state index >= 15 is 0 Å². The third-order valence-corrected chi connectivity index (χ3v) is 3.35. The zero-order chi connectivity index (χ0) is 16.7. The Kier molecular flexibility index (Phi) is 5.85. The van der Waals surface area contributed by atoms with Crippen molar-refractivity contribution >= 4 is 11.9 Å². The first-order valence-corrected chi connectivity index (χ1v) is 7.57. The van der Waals surface area contributed by atoms with Crippen molar-refractivity contribution in [3.05, 3.63) is 36.7 Å². The lowest BCUT2D eigenvalue weighted by Gasteiger charge is -2.13. The summed E-state index contributed by atoms with van der Waals surface area (Å²) in [5.74, 6) is -0.882. The van der Waals surface area contributed by atoms with Crippen LogP contribution in [0.5, 0.6) is 0 Å². The molecule has 23 heavy (non-hydrogen) atoms. The summed E-state index contributed by atoms with van der Waals surface area (Å²) < 4.78 is 1.40. The van der Waals surface area contributed by atoms with Crippen LogP contribution < -0.4 is 5.32 Å². The van der Waals surface area contributed by atoms with Crippen LogP contribution in [-0.4, -0.2) is 37.8 Å². The second-order valence-corrected chi connectivity index (χ2v) is 5.23. The standard InChI is InChI=1S/C16H20N4O3/c1-2-3-9-13(16(22)23)18-14(21)10-20-11-17-15(19-20)12-7-5-4-6-8-12/h4-8,11,13H,2-3,9-10H2,1H3,(H,18,21)(H,22,23)/t13-/m0/s1. The van der Waals surface area contributed by atoms with Crippen LogP contribution in [0.4, 0.5) is 0 Å². The Morgan fingerprint density at radius 2 is 2.04 bits per heavy atom. The normalized spacial score (nSPS) is 11.9. The fourth-order valence-corrected chi connectivity index (χ4v) is 2.14. The van der Waals surface area contributed by atoms with E-state index in [1.54, 1.807) is 0 Å². The molecule has 0 aliphatic carbocycles. The van der Waals surface area contributed by atoms with Gasteiger partial charge in [0.2, 0.25) is 5.91 Å². The van der Waals surface area contributed by atoms with Crippen LogP contribution in [0.2, 0.25) is 0 Å². The van der Waals surface area contributed by atoms with Crippen LogP contribution in [0, 0.1) is 0 Å². The van der Waals surface area contributed by atoms with Gasteiger partial charge in [-0.25, -0.2) is 14.5 Å². The van der Waals surface area contributed by atoms with Gasteiger partial charge in [0.15, 0.2) is 5.82 Å². The van der Waals surface area contributed by atoms with Gasteiger partial charge >= 0.3 is 5.97 Å². The molecule has 1 heterocycles. The summed E-state index contributed by atoms with van der Waals surface area (Å²) in [6, 6.07) is 8.56. The van der Waals surface area contributed by atoms with Gasteiger partial charge in [0.1, 0.15) is 18.9 Å². The summed E-state index contributed by atoms with van der Waals surface area (Å²) in [7, 11) is 0. The summed E-state index contributed by atoms with van der Waals surface area (Å²) in [5.41, 5.74) is 0.859. The molecule has 1 aromatic heterocycles. The molecule has 0 saturated heterocycles. The van der Waals surface area contributed by atoms with Gasteiger partial charge in [-0.3, -0.25) is 4.79 Å². The number of unbranched alkanes of at least 4 members (excludes halogenated alkanes) is 1. The van der Waals surface area contributed by atoms with Crippen molar-refractivity contribution in [1.29, 1.82) is 0 Å². The fraction of sp³-hybridized carbons (Fsp3) is 0.375. The average molecular weight is 316 g/mol. The molecule has 0 unspecified atom stereocenters. The Morgan fingerprint density at radius 1 is 1.30 bits per heavy atom. The predicted molar refractivity (Wildman–Crippen MR) is 84.5 cm³/mol. The van der Waals surface area contributed by atoms with Gasteiger partial charge in [0, 0.05) is 5.56 Å². The van der Waals surface area contributed by atoms with Gasteiger partial charge in [-0.05, 0) is 6.42 Å². The highest BCUT2D eigenvalue weighted by Gasteiger charge is 2.19. The first-order chi connectivity index (χ1) is 11.1. The maximum absolute atomic E-state index is 12.0. The van der Waals surface area contributed by atoms with Gasteiger partial charge in [-0.2, -0.15) is 5.10 Å². The first-order valence-electron chi connectivity index (χ1n) is 7.57. The molecule has 7 heteroatoms. The molecule has 1 amide bonds. The van der Waals surface area contributed by atoms with Crippen LogP contribution in [0.3, 0.4) is 0 Å². The minimum atomic E-state index is -1.02. The SMILES string of the molecule is CCCC[C@H](NC(=O)Cn1cnc(-c2ccccc2)n1)C(=O)O. The van der Waals surface area contributed by atoms with Gasteiger partial charge in [-0.15, -0.1) is 0 Å². The molecule has 2 rings (SSSR count). The summed E-state index contributed by atoms with van der Waals surface area (Å²) in [4.78, 5) is 27.3. The van der Waals surface area contributed by atoms with Crippen LogP contribution in [0.1, 0.15) is 26.2 Å². The second kappa shape index (κ2) is 8.07. The van der Waals surface area contributed by atoms with Crippen molar-refractivity contribution in [3.63, 3.8) is 0 Å². The highest BCUT2D eigenvalue weighted by atomic mass is 16.4. The number of hydrogen-bond acceptors (Lipinski definition) is 4. The molecule has 0 saturated carbocycles. The maximum atomic E-state index is 12.0. The minimum Gasteiger partial charge on any atom is -0.480 e. The Hall–Kier alpha value is -2.70. The van der Waals surface area contributed by atoms with Crippen LogP contribution >= 0.6 is 0 Å². The molecule has 0 bridgehead atoms. The van der Waals surface area contributed by atoms with Crippen molar-refractivity contribution in [2.45, 2.75) is 38.8 Å². The molecular formula is C16H20N4O3. The number of carbonyl (C=O) groups excluding carboxylic acids is 1. The van der Waals surface area contributed by atoms with Crippen molar-refractivity contribution in [2.24, 2.45) is 0 Å². The van der Waals surface area contributed by atoms with E-state index < -0.39 is 17.9 Å². The number of hydrogen-bond donors (Lipinski definition) is 2. The lowest BCUT2D eigenvalue weighted by molar-refractivity contribution is -0.142. The van der Waals surface area contributed by atoms with E-state index in [-0.39, 0.29) is 6.54 Å². The highest BCUT2D eigenvalue weighted by Crippen LogP contribution is 2.12. The van der Waals surface area contributed by atoms with E-state index in [1.165, 1.54) is 11.0 Å². The quantitative estimate of drug-likeness (QED) is 0.772. The molecule has 1 atom stereocenters. The predicted octanol–water partition coefficient (Wildman–Crippen LogP) is 1.70. The summed E-state index contributed by atoms with van der Waals surface area (Å²) in [5, 5.41) is 15.9. The average Bonchev–Trinajstić information content (AvgIpc) is 3.00. The molecule has 122 valence electrons. The number of amides is 1. The van der Waals surface area contributed by atoms with Crippen LogP contribution in [0.25, 0.3) is 11.4 Å². The smallest absolute Gasteiger partial charge is 0.326 e. The number of aromatic nitrogens is 3. The number of aliphatic carboxylic acids is 1. The van der Waals surface area contributed by atoms with Gasteiger partial charge in [0.25, 0.3) is 0 Å². The van der Waals surface area contributed by atoms with Crippen molar-refractivity contribution < 1.29 is 14.7 Å². The molecular weight excluding hydrogens is 296 g/mol. The molecule has 0 aliphatic heterocycles. The van der Waals surface area contributed by atoms with Crippen molar-refractivity contribution in [3.8, 4) is 11.4 Å². The summed E-state index contributed by atoms with van der Waals surface area (Å²) >= 11 is 0. The van der Waals surface area contributed by atoms with Crippen molar-refractivity contribution in [2.75, 3.05) is 0 Å². The van der Waals surface area contributed by atoms with E-state index in [0.717, 1.165) is 18.4 Å². The Balaban J connectivity index is 1.95. The molecule has 2 aromatic rings. The van der Waals surface area contributed by atoms with Gasteiger partial charge in [0.05, 0.1) is 0 Å². The largest absolute Gasteiger partial charge is 0.480 e. The maximum Gasteiger partial charge on any atom is 0.326 e. The van der Waals surface area contributed by atoms with Crippen LogP contribution in [0.15, 0.2) is 36.7 Å². The lowest BCUT2D eigenvalue weighted by atomic mass is 10.1.